The smallest absolute Gasteiger partial charge is 0.111 e. The van der Waals surface area contributed by atoms with Crippen LogP contribution in [0.2, 0.25) is 0 Å². The Bertz CT molecular complexity index is 621. The van der Waals surface area contributed by atoms with Gasteiger partial charge in [-0.05, 0) is 42.2 Å². The van der Waals surface area contributed by atoms with Crippen molar-refractivity contribution < 1.29 is 37.9 Å². The molecular weight excluding hydrogens is 440 g/mol. The van der Waals surface area contributed by atoms with Crippen molar-refractivity contribution in [2.24, 2.45) is 0 Å². The highest BCUT2D eigenvalue weighted by atomic mass is 16.6. The van der Waals surface area contributed by atoms with Crippen LogP contribution < -0.4 is 0 Å². The van der Waals surface area contributed by atoms with Crippen molar-refractivity contribution in [1.82, 2.24) is 0 Å². The summed E-state index contributed by atoms with van der Waals surface area (Å²) in [4.78, 5) is 0. The molecule has 0 aromatic heterocycles. The Labute approximate surface area is 204 Å². The molecular formula is C26H42O8. The van der Waals surface area contributed by atoms with Gasteiger partial charge in [-0.15, -0.1) is 0 Å². The van der Waals surface area contributed by atoms with E-state index in [9.17, 15) is 0 Å². The Hall–Kier alpha value is -1.94. The molecule has 0 amide bonds. The van der Waals surface area contributed by atoms with Crippen LogP contribution in [-0.4, -0.2) is 93.5 Å². The number of hydrogen-bond donors (Lipinski definition) is 0. The van der Waals surface area contributed by atoms with Crippen LogP contribution >= 0.6 is 0 Å². The van der Waals surface area contributed by atoms with Crippen molar-refractivity contribution in [2.75, 3.05) is 93.5 Å². The summed E-state index contributed by atoms with van der Waals surface area (Å²) in [7, 11) is 3.30. The molecule has 1 rings (SSSR count). The van der Waals surface area contributed by atoms with Gasteiger partial charge in [-0.2, -0.15) is 0 Å². The van der Waals surface area contributed by atoms with E-state index in [1.54, 1.807) is 26.7 Å². The molecule has 0 aliphatic carbocycles. The fourth-order valence-corrected chi connectivity index (χ4v) is 2.66. The predicted molar refractivity (Wildman–Crippen MR) is 133 cm³/mol. The van der Waals surface area contributed by atoms with E-state index in [1.165, 1.54) is 0 Å². The molecule has 8 heteroatoms. The van der Waals surface area contributed by atoms with E-state index in [0.717, 1.165) is 22.3 Å². The topological polar surface area (TPSA) is 73.8 Å². The minimum atomic E-state index is 0.489. The van der Waals surface area contributed by atoms with Gasteiger partial charge >= 0.3 is 0 Å². The van der Waals surface area contributed by atoms with Crippen LogP contribution in [0.5, 0.6) is 0 Å². The molecule has 34 heavy (non-hydrogen) atoms. The lowest BCUT2D eigenvalue weighted by Gasteiger charge is -2.09. The maximum absolute atomic E-state index is 5.62. The largest absolute Gasteiger partial charge is 0.498 e. The Kier molecular flexibility index (Phi) is 19.1. The van der Waals surface area contributed by atoms with Crippen molar-refractivity contribution in [2.45, 2.75) is 13.8 Å². The minimum absolute atomic E-state index is 0.489. The van der Waals surface area contributed by atoms with E-state index in [0.29, 0.717) is 79.3 Å². The van der Waals surface area contributed by atoms with Crippen molar-refractivity contribution in [1.29, 1.82) is 0 Å². The number of allylic oxidation sites excluding steroid dienone is 2. The average molecular weight is 483 g/mol. The number of ether oxygens (including phenoxy) is 8. The molecule has 0 unspecified atom stereocenters. The summed E-state index contributed by atoms with van der Waals surface area (Å²) in [6, 6.07) is 8.26. The Morgan fingerprint density at radius 1 is 0.559 bits per heavy atom. The predicted octanol–water partition coefficient (Wildman–Crippen LogP) is 3.80. The third-order valence-corrected chi connectivity index (χ3v) is 4.59. The lowest BCUT2D eigenvalue weighted by atomic mass is 10.0. The van der Waals surface area contributed by atoms with Gasteiger partial charge in [0.15, 0.2) is 0 Å². The van der Waals surface area contributed by atoms with Gasteiger partial charge < -0.3 is 37.9 Å². The standard InChI is InChI=1S/C26H42O8/c1-23(21-33-18-16-31-14-12-29-10-8-27-3)25-6-5-7-26(20-25)24(2)22-34-19-17-32-15-13-30-11-9-28-4/h5-7,20-22H,8-19H2,1-4H3. The first kappa shape index (κ1) is 30.1. The van der Waals surface area contributed by atoms with Crippen molar-refractivity contribution in [3.05, 3.63) is 47.9 Å². The van der Waals surface area contributed by atoms with Gasteiger partial charge in [0.2, 0.25) is 0 Å². The van der Waals surface area contributed by atoms with Gasteiger partial charge in [0.25, 0.3) is 0 Å². The summed E-state index contributed by atoms with van der Waals surface area (Å²) in [5, 5.41) is 0. The fraction of sp³-hybridized carbons (Fsp3) is 0.615. The Morgan fingerprint density at radius 3 is 1.29 bits per heavy atom. The molecule has 0 saturated carbocycles. The molecule has 0 spiro atoms. The third-order valence-electron chi connectivity index (χ3n) is 4.59. The van der Waals surface area contributed by atoms with Gasteiger partial charge in [-0.1, -0.05) is 18.2 Å². The van der Waals surface area contributed by atoms with E-state index in [4.69, 9.17) is 37.9 Å². The zero-order valence-electron chi connectivity index (χ0n) is 21.2. The van der Waals surface area contributed by atoms with Crippen LogP contribution in [0, 0.1) is 0 Å². The minimum Gasteiger partial charge on any atom is -0.498 e. The van der Waals surface area contributed by atoms with Crippen LogP contribution in [0.3, 0.4) is 0 Å². The summed E-state index contributed by atoms with van der Waals surface area (Å²) in [5.74, 6) is 0. The number of rotatable bonds is 22. The SMILES string of the molecule is COCCOCCOCCOC=C(C)c1cccc(C(C)=COCCOCCOCCOC)c1. The van der Waals surface area contributed by atoms with Crippen LogP contribution in [0.25, 0.3) is 11.1 Å². The molecule has 8 nitrogen and oxygen atoms in total. The highest BCUT2D eigenvalue weighted by Crippen LogP contribution is 2.20. The third kappa shape index (κ3) is 15.8. The molecule has 0 aliphatic rings. The molecule has 0 radical (unpaired) electrons. The zero-order valence-corrected chi connectivity index (χ0v) is 21.2. The van der Waals surface area contributed by atoms with Gasteiger partial charge in [0, 0.05) is 14.2 Å². The quantitative estimate of drug-likeness (QED) is 0.183. The molecule has 0 bridgehead atoms. The normalized spacial score (nSPS) is 12.2. The average Bonchev–Trinajstić information content (AvgIpc) is 2.86. The van der Waals surface area contributed by atoms with Crippen molar-refractivity contribution in [3.8, 4) is 0 Å². The molecule has 1 aromatic carbocycles. The number of hydrogen-bond acceptors (Lipinski definition) is 8. The van der Waals surface area contributed by atoms with E-state index >= 15 is 0 Å². The highest BCUT2D eigenvalue weighted by Gasteiger charge is 2.01. The fourth-order valence-electron chi connectivity index (χ4n) is 2.66. The van der Waals surface area contributed by atoms with Crippen LogP contribution in [-0.2, 0) is 37.9 Å². The zero-order chi connectivity index (χ0) is 24.7. The lowest BCUT2D eigenvalue weighted by molar-refractivity contribution is 0.0144. The van der Waals surface area contributed by atoms with Crippen molar-refractivity contribution in [3.63, 3.8) is 0 Å². The second kappa shape index (κ2) is 21.6. The summed E-state index contributed by atoms with van der Waals surface area (Å²) >= 11 is 0. The summed E-state index contributed by atoms with van der Waals surface area (Å²) < 4.78 is 42.7. The number of benzene rings is 1. The molecule has 0 N–H and O–H groups in total. The first-order valence-corrected chi connectivity index (χ1v) is 11.7. The van der Waals surface area contributed by atoms with Gasteiger partial charge in [-0.3, -0.25) is 0 Å². The molecule has 0 atom stereocenters. The first-order valence-electron chi connectivity index (χ1n) is 11.7. The Morgan fingerprint density at radius 2 is 0.912 bits per heavy atom. The molecule has 194 valence electrons. The monoisotopic (exact) mass is 482 g/mol. The second-order valence-corrected chi connectivity index (χ2v) is 7.36. The molecule has 0 aliphatic heterocycles. The van der Waals surface area contributed by atoms with E-state index in [2.05, 4.69) is 18.2 Å². The van der Waals surface area contributed by atoms with Gasteiger partial charge in [0.05, 0.1) is 78.6 Å². The maximum Gasteiger partial charge on any atom is 0.111 e. The summed E-state index contributed by atoms with van der Waals surface area (Å²) in [6.45, 7) is 10.6. The van der Waals surface area contributed by atoms with Crippen LogP contribution in [0.4, 0.5) is 0 Å². The summed E-state index contributed by atoms with van der Waals surface area (Å²) in [5.41, 5.74) is 4.27. The van der Waals surface area contributed by atoms with Crippen molar-refractivity contribution >= 4 is 11.1 Å². The summed E-state index contributed by atoms with van der Waals surface area (Å²) in [6.07, 6.45) is 3.53. The Balaban J connectivity index is 2.25. The van der Waals surface area contributed by atoms with Gasteiger partial charge in [0.1, 0.15) is 13.2 Å². The lowest BCUT2D eigenvalue weighted by Crippen LogP contribution is -2.10. The van der Waals surface area contributed by atoms with E-state index < -0.39 is 0 Å². The molecule has 0 saturated heterocycles. The molecule has 0 fully saturated rings. The van der Waals surface area contributed by atoms with E-state index in [-0.39, 0.29) is 0 Å². The van der Waals surface area contributed by atoms with E-state index in [1.807, 2.05) is 19.9 Å². The molecule has 0 heterocycles. The first-order chi connectivity index (χ1) is 16.7. The van der Waals surface area contributed by atoms with Crippen LogP contribution in [0.1, 0.15) is 25.0 Å². The van der Waals surface area contributed by atoms with Crippen LogP contribution in [0.15, 0.2) is 36.8 Å². The number of methoxy groups -OCH3 is 2. The second-order valence-electron chi connectivity index (χ2n) is 7.36. The molecule has 1 aromatic rings. The van der Waals surface area contributed by atoms with Gasteiger partial charge in [-0.25, -0.2) is 0 Å². The highest BCUT2D eigenvalue weighted by molar-refractivity contribution is 5.70. The maximum atomic E-state index is 5.62.